The van der Waals surface area contributed by atoms with Gasteiger partial charge in [0.1, 0.15) is 5.82 Å². The van der Waals surface area contributed by atoms with Crippen molar-refractivity contribution in [2.75, 3.05) is 0 Å². The SMILES string of the molecule is CCC[C@H](N)c1cccc(-c2cc(F)c3cnn(-c4cccc(CO)n4)c3c2)n1.S. The minimum Gasteiger partial charge on any atom is -0.390 e. The number of hydrogen-bond acceptors (Lipinski definition) is 5. The molecule has 3 heterocycles. The molecule has 0 aliphatic heterocycles. The maximum absolute atomic E-state index is 14.8. The first-order valence-electron chi connectivity index (χ1n) is 9.58. The molecule has 1 aromatic carbocycles. The first-order chi connectivity index (χ1) is 14.1. The van der Waals surface area contributed by atoms with E-state index >= 15 is 0 Å². The Balaban J connectivity index is 0.00000256. The summed E-state index contributed by atoms with van der Waals surface area (Å²) in [7, 11) is 0. The summed E-state index contributed by atoms with van der Waals surface area (Å²) in [5, 5.41) is 14.0. The summed E-state index contributed by atoms with van der Waals surface area (Å²) < 4.78 is 16.4. The molecule has 4 rings (SSSR count). The molecule has 0 aliphatic carbocycles. The van der Waals surface area contributed by atoms with Gasteiger partial charge in [-0.25, -0.2) is 14.1 Å². The van der Waals surface area contributed by atoms with Gasteiger partial charge in [-0.2, -0.15) is 18.6 Å². The van der Waals surface area contributed by atoms with Crippen molar-refractivity contribution in [3.63, 3.8) is 0 Å². The van der Waals surface area contributed by atoms with Crippen LogP contribution in [0.4, 0.5) is 4.39 Å². The number of nitrogens with two attached hydrogens (primary N) is 1. The zero-order chi connectivity index (χ0) is 20.4. The van der Waals surface area contributed by atoms with Crippen LogP contribution >= 0.6 is 13.5 Å². The van der Waals surface area contributed by atoms with E-state index in [4.69, 9.17) is 5.73 Å². The number of aliphatic hydroxyl groups excluding tert-OH is 1. The number of hydrogen-bond donors (Lipinski definition) is 2. The number of rotatable bonds is 6. The number of aliphatic hydroxyl groups is 1. The van der Waals surface area contributed by atoms with E-state index in [2.05, 4.69) is 22.0 Å². The van der Waals surface area contributed by atoms with E-state index in [-0.39, 0.29) is 32.0 Å². The van der Waals surface area contributed by atoms with Crippen LogP contribution in [0.15, 0.2) is 54.7 Å². The van der Waals surface area contributed by atoms with Crippen LogP contribution in [0.5, 0.6) is 0 Å². The lowest BCUT2D eigenvalue weighted by Crippen LogP contribution is -2.11. The third kappa shape index (κ3) is 4.21. The Morgan fingerprint density at radius 2 is 1.93 bits per heavy atom. The van der Waals surface area contributed by atoms with Crippen molar-refractivity contribution in [1.82, 2.24) is 19.7 Å². The molecule has 30 heavy (non-hydrogen) atoms. The number of aromatic nitrogens is 4. The van der Waals surface area contributed by atoms with E-state index in [9.17, 15) is 9.50 Å². The first kappa shape index (κ1) is 21.9. The van der Waals surface area contributed by atoms with Gasteiger partial charge in [0.25, 0.3) is 0 Å². The normalized spacial score (nSPS) is 12.0. The third-order valence-electron chi connectivity index (χ3n) is 4.86. The predicted octanol–water partition coefficient (Wildman–Crippen LogP) is 4.03. The Morgan fingerprint density at radius 3 is 2.70 bits per heavy atom. The number of benzene rings is 1. The Bertz CT molecular complexity index is 1160. The molecule has 0 radical (unpaired) electrons. The molecule has 156 valence electrons. The Kier molecular flexibility index (Phi) is 6.81. The Labute approximate surface area is 181 Å². The smallest absolute Gasteiger partial charge is 0.154 e. The van der Waals surface area contributed by atoms with Crippen molar-refractivity contribution in [1.29, 1.82) is 0 Å². The Hall–Kier alpha value is -2.81. The summed E-state index contributed by atoms with van der Waals surface area (Å²) in [4.78, 5) is 9.02. The molecule has 0 spiro atoms. The lowest BCUT2D eigenvalue weighted by Gasteiger charge is -2.12. The lowest BCUT2D eigenvalue weighted by atomic mass is 10.1. The van der Waals surface area contributed by atoms with E-state index < -0.39 is 0 Å². The number of halogens is 1. The third-order valence-corrected chi connectivity index (χ3v) is 4.86. The van der Waals surface area contributed by atoms with Crippen LogP contribution in [-0.2, 0) is 6.61 Å². The largest absolute Gasteiger partial charge is 0.390 e. The average molecular weight is 426 g/mol. The highest BCUT2D eigenvalue weighted by atomic mass is 32.1. The maximum Gasteiger partial charge on any atom is 0.154 e. The molecule has 0 saturated heterocycles. The highest BCUT2D eigenvalue weighted by Crippen LogP contribution is 2.28. The molecule has 8 heteroatoms. The second-order valence-corrected chi connectivity index (χ2v) is 6.94. The molecule has 6 nitrogen and oxygen atoms in total. The number of fused-ring (bicyclic) bond motifs is 1. The lowest BCUT2D eigenvalue weighted by molar-refractivity contribution is 0.276. The molecular formula is C22H24FN5OS. The fourth-order valence-corrected chi connectivity index (χ4v) is 3.37. The summed E-state index contributed by atoms with van der Waals surface area (Å²) in [6.45, 7) is 1.90. The van der Waals surface area contributed by atoms with Gasteiger partial charge in [0.15, 0.2) is 5.82 Å². The van der Waals surface area contributed by atoms with E-state index in [1.54, 1.807) is 22.9 Å². The monoisotopic (exact) mass is 425 g/mol. The van der Waals surface area contributed by atoms with E-state index in [0.717, 1.165) is 18.5 Å². The van der Waals surface area contributed by atoms with Crippen LogP contribution in [0.2, 0.25) is 0 Å². The van der Waals surface area contributed by atoms with Crippen molar-refractivity contribution in [2.24, 2.45) is 5.73 Å². The molecule has 0 saturated carbocycles. The number of nitrogens with zero attached hydrogens (tertiary/aromatic N) is 4. The average Bonchev–Trinajstić information content (AvgIpc) is 3.19. The maximum atomic E-state index is 14.8. The molecule has 1 atom stereocenters. The van der Waals surface area contributed by atoms with Crippen molar-refractivity contribution in [3.05, 3.63) is 71.9 Å². The van der Waals surface area contributed by atoms with E-state index in [0.29, 0.717) is 33.7 Å². The molecule has 0 unspecified atom stereocenters. The van der Waals surface area contributed by atoms with Gasteiger partial charge >= 0.3 is 0 Å². The van der Waals surface area contributed by atoms with E-state index in [1.165, 1.54) is 12.3 Å². The van der Waals surface area contributed by atoms with Gasteiger partial charge in [-0.3, -0.25) is 4.98 Å². The fraction of sp³-hybridized carbons (Fsp3) is 0.227. The summed E-state index contributed by atoms with van der Waals surface area (Å²) in [5.74, 6) is 0.127. The van der Waals surface area contributed by atoms with Crippen LogP contribution in [-0.4, -0.2) is 24.9 Å². The fourth-order valence-electron chi connectivity index (χ4n) is 3.37. The van der Waals surface area contributed by atoms with Gasteiger partial charge in [-0.05, 0) is 42.8 Å². The highest BCUT2D eigenvalue weighted by molar-refractivity contribution is 7.59. The summed E-state index contributed by atoms with van der Waals surface area (Å²) in [5.41, 5.74) is 9.38. The second kappa shape index (κ2) is 9.34. The highest BCUT2D eigenvalue weighted by Gasteiger charge is 2.14. The molecule has 0 bridgehead atoms. The topological polar surface area (TPSA) is 89.8 Å². The second-order valence-electron chi connectivity index (χ2n) is 6.94. The summed E-state index contributed by atoms with van der Waals surface area (Å²) >= 11 is 0. The van der Waals surface area contributed by atoms with Crippen molar-refractivity contribution >= 4 is 24.4 Å². The van der Waals surface area contributed by atoms with Crippen LogP contribution in [0, 0.1) is 5.82 Å². The van der Waals surface area contributed by atoms with Crippen molar-refractivity contribution in [3.8, 4) is 17.1 Å². The Morgan fingerprint density at radius 1 is 1.13 bits per heavy atom. The first-order valence-corrected chi connectivity index (χ1v) is 9.58. The summed E-state index contributed by atoms with van der Waals surface area (Å²) in [6.07, 6.45) is 3.28. The predicted molar refractivity (Wildman–Crippen MR) is 120 cm³/mol. The molecule has 3 aromatic heterocycles. The van der Waals surface area contributed by atoms with E-state index in [1.807, 2.05) is 24.3 Å². The molecule has 4 aromatic rings. The molecule has 0 aliphatic rings. The van der Waals surface area contributed by atoms with Crippen LogP contribution in [0.25, 0.3) is 28.0 Å². The van der Waals surface area contributed by atoms with Crippen LogP contribution in [0.3, 0.4) is 0 Å². The van der Waals surface area contributed by atoms with Gasteiger partial charge in [-0.15, -0.1) is 0 Å². The van der Waals surface area contributed by atoms with Crippen LogP contribution in [0.1, 0.15) is 37.2 Å². The molecule has 0 fully saturated rings. The number of pyridine rings is 2. The van der Waals surface area contributed by atoms with Gasteiger partial charge in [0.05, 0.1) is 40.8 Å². The van der Waals surface area contributed by atoms with Crippen molar-refractivity contribution in [2.45, 2.75) is 32.4 Å². The van der Waals surface area contributed by atoms with Gasteiger partial charge in [0.2, 0.25) is 0 Å². The van der Waals surface area contributed by atoms with Crippen LogP contribution < -0.4 is 5.73 Å². The van der Waals surface area contributed by atoms with Gasteiger partial charge < -0.3 is 10.8 Å². The van der Waals surface area contributed by atoms with Crippen molar-refractivity contribution < 1.29 is 9.50 Å². The quantitative estimate of drug-likeness (QED) is 0.487. The molecular weight excluding hydrogens is 401 g/mol. The zero-order valence-corrected chi connectivity index (χ0v) is 17.6. The zero-order valence-electron chi connectivity index (χ0n) is 16.6. The summed E-state index contributed by atoms with van der Waals surface area (Å²) in [6, 6.07) is 14.0. The van der Waals surface area contributed by atoms with Gasteiger partial charge in [-0.1, -0.05) is 25.5 Å². The van der Waals surface area contributed by atoms with Gasteiger partial charge in [0, 0.05) is 11.6 Å². The standard InChI is InChI=1S/C22H22FN5O.H2S/c1-2-5-18(24)20-8-4-7-19(27-20)14-10-17(23)16-12-25-28(21(16)11-14)22-9-3-6-15(13-29)26-22;/h3-4,6-12,18,29H,2,5,13,24H2,1H3;1H2/t18-;/m0./s1. The minimum absolute atomic E-state index is 0. The molecule has 3 N–H and O–H groups in total. The molecule has 0 amide bonds. The minimum atomic E-state index is -0.382.